The van der Waals surface area contributed by atoms with Crippen molar-refractivity contribution in [3.05, 3.63) is 35.4 Å². The molecule has 1 nitrogen and oxygen atoms in total. The lowest BCUT2D eigenvalue weighted by atomic mass is 10.0. The second-order valence-electron chi connectivity index (χ2n) is 3.64. The van der Waals surface area contributed by atoms with Gasteiger partial charge in [0.2, 0.25) is 0 Å². The van der Waals surface area contributed by atoms with Crippen LogP contribution in [0.25, 0.3) is 0 Å². The molecule has 1 fully saturated rings. The van der Waals surface area contributed by atoms with Crippen molar-refractivity contribution in [1.29, 1.82) is 5.26 Å². The zero-order chi connectivity index (χ0) is 12.1. The van der Waals surface area contributed by atoms with Crippen molar-refractivity contribution in [1.82, 2.24) is 0 Å². The maximum atomic E-state index is 7.32. The fraction of sp³-hybridized carbons (Fsp3) is 0.500. The van der Waals surface area contributed by atoms with E-state index in [0.717, 1.165) is 5.02 Å². The minimum atomic E-state index is 0.794. The molecule has 0 spiro atoms. The molecule has 1 saturated carbocycles. The Labute approximate surface area is 104 Å². The van der Waals surface area contributed by atoms with E-state index in [1.165, 1.54) is 45.4 Å². The van der Waals surface area contributed by atoms with Crippen LogP contribution < -0.4 is 0 Å². The van der Waals surface area contributed by atoms with Crippen LogP contribution in [0.1, 0.15) is 45.4 Å². The van der Waals surface area contributed by atoms with Crippen LogP contribution in [-0.2, 0) is 0 Å². The molecular weight excluding hydrogens is 218 g/mol. The molecule has 0 amide bonds. The van der Waals surface area contributed by atoms with E-state index in [2.05, 4.69) is 0 Å². The van der Waals surface area contributed by atoms with Gasteiger partial charge >= 0.3 is 0 Å². The molecule has 2 heteroatoms. The predicted molar refractivity (Wildman–Crippen MR) is 70.4 cm³/mol. The summed E-state index contributed by atoms with van der Waals surface area (Å²) in [6.07, 6.45) is 9.00. The summed E-state index contributed by atoms with van der Waals surface area (Å²) in [5.41, 5.74) is 0. The summed E-state index contributed by atoms with van der Waals surface area (Å²) in [7, 11) is 0. The highest BCUT2D eigenvalue weighted by atomic mass is 35.5. The molecule has 0 radical (unpaired) electrons. The lowest BCUT2D eigenvalue weighted by Crippen LogP contribution is -1.85. The van der Waals surface area contributed by atoms with E-state index in [0.29, 0.717) is 0 Å². The molecule has 0 aliphatic heterocycles. The molecular formula is C14H20ClN. The smallest absolute Gasteiger partial charge is 0.0587 e. The van der Waals surface area contributed by atoms with Gasteiger partial charge in [-0.25, -0.2) is 0 Å². The van der Waals surface area contributed by atoms with Crippen molar-refractivity contribution < 1.29 is 0 Å². The summed E-state index contributed by atoms with van der Waals surface area (Å²) in [5.74, 6) is 0. The molecule has 0 heterocycles. The summed E-state index contributed by atoms with van der Waals surface area (Å²) in [6.45, 7) is 1.43. The number of rotatable bonds is 0. The molecule has 1 aromatic rings. The molecule has 1 aliphatic rings. The predicted octanol–water partition coefficient (Wildman–Crippen LogP) is 5.21. The van der Waals surface area contributed by atoms with Gasteiger partial charge in [0.1, 0.15) is 0 Å². The lowest BCUT2D eigenvalue weighted by molar-refractivity contribution is 0.504. The van der Waals surface area contributed by atoms with Crippen LogP contribution in [0.5, 0.6) is 0 Å². The van der Waals surface area contributed by atoms with Crippen molar-refractivity contribution >= 4 is 11.6 Å². The normalized spacial score (nSPS) is 13.3. The van der Waals surface area contributed by atoms with Crippen LogP contribution in [-0.4, -0.2) is 0 Å². The zero-order valence-corrected chi connectivity index (χ0v) is 10.7. The average Bonchev–Trinajstić information content (AvgIpc) is 2.34. The van der Waals surface area contributed by atoms with Crippen LogP contribution in [0.15, 0.2) is 30.3 Å². The molecule has 0 saturated heterocycles. The van der Waals surface area contributed by atoms with Crippen LogP contribution >= 0.6 is 11.6 Å². The van der Waals surface area contributed by atoms with Crippen molar-refractivity contribution in [3.8, 4) is 6.07 Å². The van der Waals surface area contributed by atoms with Gasteiger partial charge in [-0.05, 0) is 12.1 Å². The molecule has 16 heavy (non-hydrogen) atoms. The van der Waals surface area contributed by atoms with E-state index in [4.69, 9.17) is 16.9 Å². The van der Waals surface area contributed by atoms with Gasteiger partial charge < -0.3 is 0 Å². The Morgan fingerprint density at radius 3 is 1.44 bits per heavy atom. The van der Waals surface area contributed by atoms with E-state index in [9.17, 15) is 0 Å². The van der Waals surface area contributed by atoms with Gasteiger partial charge in [-0.2, -0.15) is 5.26 Å². The maximum absolute atomic E-state index is 7.32. The molecule has 0 unspecified atom stereocenters. The topological polar surface area (TPSA) is 23.8 Å². The fourth-order valence-corrected chi connectivity index (χ4v) is 1.62. The standard InChI is InChI=1S/C6H5Cl.C6H12.C2H3N/c7-6-4-2-1-3-5-6;1-2-4-6-5-3-1;1-2-3/h1-5H;1-6H2;1H3. The first kappa shape index (κ1) is 15.0. The van der Waals surface area contributed by atoms with Crippen LogP contribution in [0.4, 0.5) is 0 Å². The first-order chi connectivity index (χ1) is 7.81. The Hall–Kier alpha value is -1.00. The third-order valence-corrected chi connectivity index (χ3v) is 2.49. The van der Waals surface area contributed by atoms with Crippen LogP contribution in [0, 0.1) is 11.3 Å². The number of benzene rings is 1. The molecule has 1 aliphatic carbocycles. The van der Waals surface area contributed by atoms with Gasteiger partial charge in [-0.1, -0.05) is 68.3 Å². The third-order valence-electron chi connectivity index (χ3n) is 2.23. The summed E-state index contributed by atoms with van der Waals surface area (Å²) in [6, 6.07) is 11.2. The molecule has 0 aromatic heterocycles. The lowest BCUT2D eigenvalue weighted by Gasteiger charge is -2.05. The molecule has 2 rings (SSSR count). The van der Waals surface area contributed by atoms with Gasteiger partial charge in [0, 0.05) is 11.9 Å². The van der Waals surface area contributed by atoms with E-state index in [1.807, 2.05) is 30.3 Å². The highest BCUT2D eigenvalue weighted by molar-refractivity contribution is 6.30. The highest BCUT2D eigenvalue weighted by Gasteiger charge is 1.95. The van der Waals surface area contributed by atoms with Gasteiger partial charge in [0.05, 0.1) is 6.07 Å². The molecule has 0 N–H and O–H groups in total. The second kappa shape index (κ2) is 12.1. The van der Waals surface area contributed by atoms with Gasteiger partial charge in [0.25, 0.3) is 0 Å². The van der Waals surface area contributed by atoms with Crippen molar-refractivity contribution in [3.63, 3.8) is 0 Å². The minimum absolute atomic E-state index is 0.794. The number of hydrogen-bond donors (Lipinski definition) is 0. The third kappa shape index (κ3) is 11.1. The van der Waals surface area contributed by atoms with Gasteiger partial charge in [0.15, 0.2) is 0 Å². The van der Waals surface area contributed by atoms with E-state index < -0.39 is 0 Å². The number of hydrogen-bond acceptors (Lipinski definition) is 1. The Kier molecular flexibility index (Phi) is 11.3. The largest absolute Gasteiger partial charge is 0.199 e. The van der Waals surface area contributed by atoms with Gasteiger partial charge in [-0.15, -0.1) is 0 Å². The zero-order valence-electron chi connectivity index (χ0n) is 9.95. The average molecular weight is 238 g/mol. The van der Waals surface area contributed by atoms with Crippen molar-refractivity contribution in [2.45, 2.75) is 45.4 Å². The van der Waals surface area contributed by atoms with Crippen LogP contribution in [0.2, 0.25) is 5.02 Å². The summed E-state index contributed by atoms with van der Waals surface area (Å²) in [5, 5.41) is 8.11. The molecule has 0 atom stereocenters. The fourth-order valence-electron chi connectivity index (χ4n) is 1.48. The Morgan fingerprint density at radius 1 is 0.938 bits per heavy atom. The number of nitriles is 1. The number of nitrogens with zero attached hydrogens (tertiary/aromatic N) is 1. The van der Waals surface area contributed by atoms with E-state index in [1.54, 1.807) is 6.07 Å². The number of halogens is 1. The summed E-state index contributed by atoms with van der Waals surface area (Å²) >= 11 is 5.54. The monoisotopic (exact) mass is 237 g/mol. The van der Waals surface area contributed by atoms with E-state index in [-0.39, 0.29) is 0 Å². The van der Waals surface area contributed by atoms with Crippen molar-refractivity contribution in [2.75, 3.05) is 0 Å². The Bertz CT molecular complexity index is 261. The van der Waals surface area contributed by atoms with Crippen LogP contribution in [0.3, 0.4) is 0 Å². The highest BCUT2D eigenvalue weighted by Crippen LogP contribution is 2.15. The minimum Gasteiger partial charge on any atom is -0.199 e. The molecule has 0 bridgehead atoms. The SMILES string of the molecule is C1CCCCC1.CC#N.Clc1ccccc1. The van der Waals surface area contributed by atoms with Gasteiger partial charge in [-0.3, -0.25) is 0 Å². The second-order valence-corrected chi connectivity index (χ2v) is 4.08. The maximum Gasteiger partial charge on any atom is 0.0587 e. The molecule has 88 valence electrons. The Balaban J connectivity index is 0.000000230. The first-order valence-corrected chi connectivity index (χ1v) is 6.20. The Morgan fingerprint density at radius 2 is 1.25 bits per heavy atom. The quantitative estimate of drug-likeness (QED) is 0.608. The van der Waals surface area contributed by atoms with Crippen molar-refractivity contribution in [2.24, 2.45) is 0 Å². The van der Waals surface area contributed by atoms with E-state index >= 15 is 0 Å². The first-order valence-electron chi connectivity index (χ1n) is 5.82. The summed E-state index contributed by atoms with van der Waals surface area (Å²) in [4.78, 5) is 0. The summed E-state index contributed by atoms with van der Waals surface area (Å²) < 4.78 is 0. The molecule has 1 aromatic carbocycles.